The number of carbonyl (C=O) groups is 1. The second kappa shape index (κ2) is 7.76. The molecule has 0 saturated carbocycles. The van der Waals surface area contributed by atoms with Gasteiger partial charge in [-0.05, 0) is 19.9 Å². The van der Waals surface area contributed by atoms with Gasteiger partial charge in [0.05, 0.1) is 17.4 Å². The highest BCUT2D eigenvalue weighted by Crippen LogP contribution is 2.24. The maximum atomic E-state index is 12.9. The first kappa shape index (κ1) is 21.0. The van der Waals surface area contributed by atoms with Crippen LogP contribution < -0.4 is 27.2 Å². The summed E-state index contributed by atoms with van der Waals surface area (Å²) < 4.78 is 1.99. The van der Waals surface area contributed by atoms with Gasteiger partial charge in [0, 0.05) is 29.8 Å². The van der Waals surface area contributed by atoms with Gasteiger partial charge < -0.3 is 4.57 Å². The molecule has 0 spiro atoms. The van der Waals surface area contributed by atoms with Gasteiger partial charge in [-0.1, -0.05) is 28.6 Å². The van der Waals surface area contributed by atoms with E-state index in [1.165, 1.54) is 0 Å². The number of rotatable bonds is 3. The molecule has 0 aliphatic carbocycles. The van der Waals surface area contributed by atoms with Crippen molar-refractivity contribution in [1.29, 1.82) is 0 Å². The normalized spacial score (nSPS) is 11.1. The highest BCUT2D eigenvalue weighted by atomic mass is 16.1. The van der Waals surface area contributed by atoms with Gasteiger partial charge in [0.25, 0.3) is 5.91 Å². The lowest BCUT2D eigenvalue weighted by Gasteiger charge is -2.19. The fourth-order valence-electron chi connectivity index (χ4n) is 3.39. The first-order chi connectivity index (χ1) is 14.7. The number of hydrogen-bond donors (Lipinski definition) is 1. The lowest BCUT2D eigenvalue weighted by atomic mass is 9.64. The van der Waals surface area contributed by atoms with Crippen molar-refractivity contribution < 1.29 is 4.79 Å². The number of anilines is 1. The molecule has 0 aliphatic heterocycles. The summed E-state index contributed by atoms with van der Waals surface area (Å²) in [5.41, 5.74) is 3.65. The van der Waals surface area contributed by atoms with Crippen LogP contribution in [0.2, 0.25) is 0 Å². The van der Waals surface area contributed by atoms with E-state index in [9.17, 15) is 4.79 Å². The zero-order chi connectivity index (χ0) is 22.4. The van der Waals surface area contributed by atoms with Crippen LogP contribution >= 0.6 is 0 Å². The van der Waals surface area contributed by atoms with Gasteiger partial charge in [0.15, 0.2) is 0 Å². The maximum Gasteiger partial charge on any atom is 0.256 e. The Labute approximate surface area is 185 Å². The summed E-state index contributed by atoms with van der Waals surface area (Å²) in [5, 5.41) is 3.45. The minimum atomic E-state index is -0.592. The molecule has 0 saturated heterocycles. The van der Waals surface area contributed by atoms with Gasteiger partial charge in [-0.15, -0.1) is 10.9 Å². The molecule has 8 radical (unpaired) electrons. The molecule has 0 unspecified atom stereocenters. The van der Waals surface area contributed by atoms with Crippen LogP contribution in [0.15, 0.2) is 30.6 Å². The van der Waals surface area contributed by atoms with Crippen molar-refractivity contribution in [2.24, 2.45) is 7.05 Å². The van der Waals surface area contributed by atoms with E-state index >= 15 is 0 Å². The summed E-state index contributed by atoms with van der Waals surface area (Å²) in [6.07, 6.45) is 3.43. The van der Waals surface area contributed by atoms with E-state index in [1.807, 2.05) is 36.7 Å². The van der Waals surface area contributed by atoms with Crippen LogP contribution in [-0.2, 0) is 7.05 Å². The summed E-state index contributed by atoms with van der Waals surface area (Å²) >= 11 is 0. The number of carbonyl (C=O) groups excluding carboxylic acids is 1. The Kier molecular flexibility index (Phi) is 5.25. The number of nitrogens with one attached hydrogen (secondary N) is 1. The van der Waals surface area contributed by atoms with Gasteiger partial charge in [-0.25, -0.2) is 15.0 Å². The molecule has 1 N–H and O–H groups in total. The van der Waals surface area contributed by atoms with Crippen molar-refractivity contribution in [2.75, 3.05) is 5.32 Å². The smallest absolute Gasteiger partial charge is 0.256 e. The number of aryl methyl sites for hydroxylation is 1. The molecule has 4 rings (SSSR count). The minimum Gasteiger partial charge on any atom is -0.331 e. The minimum absolute atomic E-state index is 0.00316. The molecule has 10 heteroatoms. The summed E-state index contributed by atoms with van der Waals surface area (Å²) in [6.45, 7) is 3.62. The standard InChI is InChI=1S/C21H15B4N5O/c1-9-16(22)18(24)15(19(25)17(9)23)20(31)29-21-27-7-12-5-4-11(6-13(12)28-21)14-8-26-10(2)30(14)3/h4-8H,1-3H3,(H,27,28,29,31). The van der Waals surface area contributed by atoms with Crippen LogP contribution in [-0.4, -0.2) is 56.8 Å². The van der Waals surface area contributed by atoms with Crippen LogP contribution in [0.5, 0.6) is 0 Å². The molecule has 31 heavy (non-hydrogen) atoms. The monoisotopic (exact) mass is 397 g/mol. The second-order valence-corrected chi connectivity index (χ2v) is 7.33. The van der Waals surface area contributed by atoms with E-state index < -0.39 is 5.91 Å². The number of fused-ring (bicyclic) bond motifs is 1. The molecule has 2 heterocycles. The summed E-state index contributed by atoms with van der Waals surface area (Å²) in [7, 11) is 25.9. The molecule has 2 aromatic heterocycles. The molecule has 6 nitrogen and oxygen atoms in total. The van der Waals surface area contributed by atoms with Crippen LogP contribution in [0.25, 0.3) is 22.2 Å². The van der Waals surface area contributed by atoms with E-state index in [0.717, 1.165) is 22.5 Å². The number of aromatic nitrogens is 4. The number of nitrogens with zero attached hydrogens (tertiary/aromatic N) is 4. The van der Waals surface area contributed by atoms with Gasteiger partial charge in [0.2, 0.25) is 5.95 Å². The van der Waals surface area contributed by atoms with Gasteiger partial charge in [-0.2, -0.15) is 0 Å². The van der Waals surface area contributed by atoms with Gasteiger partial charge in [0.1, 0.15) is 37.2 Å². The number of benzene rings is 2. The summed E-state index contributed by atoms with van der Waals surface area (Å²) in [4.78, 5) is 25.9. The van der Waals surface area contributed by atoms with Crippen LogP contribution in [0.4, 0.5) is 5.95 Å². The molecule has 0 bridgehead atoms. The predicted octanol–water partition coefficient (Wildman–Crippen LogP) is -0.925. The molecular weight excluding hydrogens is 382 g/mol. The maximum absolute atomic E-state index is 12.9. The summed E-state index contributed by atoms with van der Waals surface area (Å²) in [5.74, 6) is 0.413. The molecule has 2 aromatic carbocycles. The number of imidazole rings is 1. The third-order valence-electron chi connectivity index (χ3n) is 5.48. The van der Waals surface area contributed by atoms with Crippen molar-refractivity contribution in [3.63, 3.8) is 0 Å². The largest absolute Gasteiger partial charge is 0.331 e. The number of amides is 1. The fourth-order valence-corrected chi connectivity index (χ4v) is 3.39. The van der Waals surface area contributed by atoms with Crippen LogP contribution in [0, 0.1) is 13.8 Å². The highest BCUT2D eigenvalue weighted by Gasteiger charge is 2.18. The van der Waals surface area contributed by atoms with E-state index in [1.54, 1.807) is 19.3 Å². The van der Waals surface area contributed by atoms with Crippen molar-refractivity contribution in [1.82, 2.24) is 19.5 Å². The number of hydrogen-bond acceptors (Lipinski definition) is 4. The van der Waals surface area contributed by atoms with Crippen molar-refractivity contribution >= 4 is 76.0 Å². The average Bonchev–Trinajstić information content (AvgIpc) is 3.09. The zero-order valence-electron chi connectivity index (χ0n) is 17.4. The molecule has 0 atom stereocenters. The van der Waals surface area contributed by atoms with Crippen LogP contribution in [0.3, 0.4) is 0 Å². The SMILES string of the molecule is [B]c1c([B])c(C(=O)Nc2ncc3ccc(-c4cnc(C)n4C)cc3n2)c([B])c([B])c1C. The Morgan fingerprint density at radius 1 is 0.968 bits per heavy atom. The zero-order valence-corrected chi connectivity index (χ0v) is 17.4. The predicted molar refractivity (Wildman–Crippen MR) is 127 cm³/mol. The molecule has 0 aliphatic rings. The first-order valence-electron chi connectivity index (χ1n) is 9.48. The Morgan fingerprint density at radius 3 is 2.26 bits per heavy atom. The van der Waals surface area contributed by atoms with Crippen molar-refractivity contribution in [3.05, 3.63) is 47.5 Å². The molecule has 142 valence electrons. The Morgan fingerprint density at radius 2 is 1.65 bits per heavy atom. The molecule has 1 amide bonds. The molecule has 0 fully saturated rings. The summed E-state index contributed by atoms with van der Waals surface area (Å²) in [6, 6.07) is 5.79. The Hall–Kier alpha value is -3.28. The van der Waals surface area contributed by atoms with E-state index in [2.05, 4.69) is 20.3 Å². The van der Waals surface area contributed by atoms with E-state index in [0.29, 0.717) is 11.1 Å². The Bertz CT molecular complexity index is 1340. The van der Waals surface area contributed by atoms with Crippen LogP contribution in [0.1, 0.15) is 21.7 Å². The van der Waals surface area contributed by atoms with E-state index in [4.69, 9.17) is 31.4 Å². The third-order valence-corrected chi connectivity index (χ3v) is 5.48. The second-order valence-electron chi connectivity index (χ2n) is 7.33. The lowest BCUT2D eigenvalue weighted by molar-refractivity contribution is 0.102. The Balaban J connectivity index is 1.71. The van der Waals surface area contributed by atoms with Crippen molar-refractivity contribution in [2.45, 2.75) is 13.8 Å². The highest BCUT2D eigenvalue weighted by molar-refractivity contribution is 6.60. The van der Waals surface area contributed by atoms with Gasteiger partial charge >= 0.3 is 0 Å². The topological polar surface area (TPSA) is 72.7 Å². The average molecular weight is 397 g/mol. The fraction of sp³-hybridized carbons (Fsp3) is 0.143. The molecular formula is C21H15B4N5O. The first-order valence-corrected chi connectivity index (χ1v) is 9.48. The van der Waals surface area contributed by atoms with Crippen molar-refractivity contribution in [3.8, 4) is 11.3 Å². The van der Waals surface area contributed by atoms with Gasteiger partial charge in [-0.3, -0.25) is 10.1 Å². The quantitative estimate of drug-likeness (QED) is 0.455. The van der Waals surface area contributed by atoms with E-state index in [-0.39, 0.29) is 33.4 Å². The lowest BCUT2D eigenvalue weighted by Crippen LogP contribution is -2.49. The third kappa shape index (κ3) is 3.56. The molecule has 4 aromatic rings.